The van der Waals surface area contributed by atoms with Crippen LogP contribution >= 0.6 is 0 Å². The van der Waals surface area contributed by atoms with Crippen molar-refractivity contribution in [1.82, 2.24) is 25.1 Å². The van der Waals surface area contributed by atoms with E-state index in [1.54, 1.807) is 32.6 Å². The number of carbonyl (C=O) groups excluding carboxylic acids is 4. The number of hydrogen-bond donors (Lipinski definition) is 2. The van der Waals surface area contributed by atoms with E-state index in [0.717, 1.165) is 5.69 Å². The van der Waals surface area contributed by atoms with Gasteiger partial charge in [-0.1, -0.05) is 48.5 Å². The number of esters is 1. The van der Waals surface area contributed by atoms with Crippen molar-refractivity contribution in [2.45, 2.75) is 52.2 Å². The number of carbonyl (C=O) groups is 4. The van der Waals surface area contributed by atoms with E-state index in [4.69, 9.17) is 9.47 Å². The van der Waals surface area contributed by atoms with E-state index < -0.39 is 29.6 Å². The van der Waals surface area contributed by atoms with Gasteiger partial charge in [0.15, 0.2) is 5.82 Å². The van der Waals surface area contributed by atoms with Crippen molar-refractivity contribution in [2.24, 2.45) is 0 Å². The lowest BCUT2D eigenvalue weighted by Gasteiger charge is -2.36. The van der Waals surface area contributed by atoms with E-state index >= 15 is 0 Å². The Balaban J connectivity index is 1.57. The van der Waals surface area contributed by atoms with Gasteiger partial charge >= 0.3 is 12.1 Å². The van der Waals surface area contributed by atoms with Gasteiger partial charge < -0.3 is 29.9 Å². The molecule has 1 saturated heterocycles. The molecule has 45 heavy (non-hydrogen) atoms. The third kappa shape index (κ3) is 9.75. The van der Waals surface area contributed by atoms with Gasteiger partial charge in [0.2, 0.25) is 5.91 Å². The Labute approximate surface area is 263 Å². The summed E-state index contributed by atoms with van der Waals surface area (Å²) in [5.41, 5.74) is 0.832. The first-order valence-electron chi connectivity index (χ1n) is 15.0. The zero-order valence-corrected chi connectivity index (χ0v) is 26.1. The van der Waals surface area contributed by atoms with E-state index in [-0.39, 0.29) is 57.2 Å². The first kappa shape index (κ1) is 32.9. The molecular weight excluding hydrogens is 576 g/mol. The molecule has 1 aliphatic rings. The third-order valence-corrected chi connectivity index (χ3v) is 6.81. The van der Waals surface area contributed by atoms with Crippen molar-refractivity contribution in [1.29, 1.82) is 0 Å². The molecule has 1 atom stereocenters. The molecular formula is C33H40N6O6. The van der Waals surface area contributed by atoms with Gasteiger partial charge in [-0.25, -0.2) is 14.8 Å². The molecule has 0 bridgehead atoms. The van der Waals surface area contributed by atoms with Gasteiger partial charge in [0, 0.05) is 49.9 Å². The average Bonchev–Trinajstić information content (AvgIpc) is 3.02. The number of para-hydroxylation sites is 1. The second-order valence-electron chi connectivity index (χ2n) is 11.5. The van der Waals surface area contributed by atoms with Gasteiger partial charge in [-0.15, -0.1) is 0 Å². The van der Waals surface area contributed by atoms with Gasteiger partial charge in [0.25, 0.3) is 5.91 Å². The normalized spacial score (nSPS) is 13.9. The smallest absolute Gasteiger partial charge is 0.409 e. The molecule has 0 aliphatic carbocycles. The Bertz CT molecular complexity index is 1470. The fourth-order valence-corrected chi connectivity index (χ4v) is 4.70. The highest BCUT2D eigenvalue weighted by molar-refractivity contribution is 5.97. The van der Waals surface area contributed by atoms with Gasteiger partial charge in [-0.2, -0.15) is 0 Å². The van der Waals surface area contributed by atoms with Crippen molar-refractivity contribution in [3.8, 4) is 11.4 Å². The molecule has 1 aromatic heterocycles. The summed E-state index contributed by atoms with van der Waals surface area (Å²) in [6, 6.07) is 19.1. The Morgan fingerprint density at radius 2 is 1.51 bits per heavy atom. The number of piperazine rings is 1. The number of nitrogens with one attached hydrogen (secondary N) is 2. The van der Waals surface area contributed by atoms with Crippen molar-refractivity contribution in [2.75, 3.05) is 38.1 Å². The van der Waals surface area contributed by atoms with E-state index in [9.17, 15) is 19.2 Å². The minimum absolute atomic E-state index is 0.0172. The van der Waals surface area contributed by atoms with E-state index in [2.05, 4.69) is 20.6 Å². The number of benzene rings is 2. The van der Waals surface area contributed by atoms with Crippen LogP contribution in [0.4, 0.5) is 16.3 Å². The summed E-state index contributed by atoms with van der Waals surface area (Å²) in [5, 5.41) is 6.02. The molecule has 0 spiro atoms. The maximum atomic E-state index is 13.7. The first-order valence-corrected chi connectivity index (χ1v) is 15.0. The van der Waals surface area contributed by atoms with Crippen LogP contribution in [0.5, 0.6) is 0 Å². The number of anilines is 2. The Hall–Kier alpha value is -5.00. The molecule has 2 heterocycles. The third-order valence-electron chi connectivity index (χ3n) is 6.81. The van der Waals surface area contributed by atoms with Crippen LogP contribution in [0.2, 0.25) is 0 Å². The van der Waals surface area contributed by atoms with Crippen LogP contribution < -0.4 is 10.6 Å². The Kier molecular flexibility index (Phi) is 11.1. The number of aromatic nitrogens is 2. The van der Waals surface area contributed by atoms with Crippen LogP contribution in [0.15, 0.2) is 66.7 Å². The summed E-state index contributed by atoms with van der Waals surface area (Å²) in [6.07, 6.45) is -0.503. The molecule has 0 saturated carbocycles. The van der Waals surface area contributed by atoms with Crippen LogP contribution in [0.25, 0.3) is 11.4 Å². The Morgan fingerprint density at radius 1 is 0.889 bits per heavy atom. The van der Waals surface area contributed by atoms with Crippen LogP contribution in [0.3, 0.4) is 0 Å². The van der Waals surface area contributed by atoms with Crippen molar-refractivity contribution in [3.63, 3.8) is 0 Å². The monoisotopic (exact) mass is 616 g/mol. The summed E-state index contributed by atoms with van der Waals surface area (Å²) in [5.74, 6) is -0.724. The summed E-state index contributed by atoms with van der Waals surface area (Å²) in [4.78, 5) is 64.4. The lowest BCUT2D eigenvalue weighted by atomic mass is 10.1. The van der Waals surface area contributed by atoms with Crippen molar-refractivity contribution < 1.29 is 28.7 Å². The zero-order valence-electron chi connectivity index (χ0n) is 26.1. The summed E-state index contributed by atoms with van der Waals surface area (Å²) < 4.78 is 10.5. The molecule has 3 aromatic rings. The number of amides is 3. The fourth-order valence-electron chi connectivity index (χ4n) is 4.70. The van der Waals surface area contributed by atoms with Crippen LogP contribution in [0, 0.1) is 0 Å². The summed E-state index contributed by atoms with van der Waals surface area (Å²) >= 11 is 0. The fraction of sp³-hybridized carbons (Fsp3) is 0.394. The number of rotatable bonds is 10. The molecule has 1 fully saturated rings. The molecule has 0 unspecified atom stereocenters. The molecule has 1 aliphatic heterocycles. The van der Waals surface area contributed by atoms with Gasteiger partial charge in [-0.05, 0) is 46.2 Å². The predicted molar refractivity (Wildman–Crippen MR) is 169 cm³/mol. The molecule has 2 aromatic carbocycles. The number of hydrogen-bond acceptors (Lipinski definition) is 9. The van der Waals surface area contributed by atoms with Gasteiger partial charge in [0.1, 0.15) is 23.2 Å². The van der Waals surface area contributed by atoms with Gasteiger partial charge in [0.05, 0.1) is 6.61 Å². The Morgan fingerprint density at radius 3 is 2.13 bits per heavy atom. The largest absolute Gasteiger partial charge is 0.460 e. The molecule has 0 radical (unpaired) electrons. The van der Waals surface area contributed by atoms with Crippen molar-refractivity contribution in [3.05, 3.63) is 72.4 Å². The van der Waals surface area contributed by atoms with Crippen molar-refractivity contribution >= 4 is 35.4 Å². The SMILES string of the molecule is CCOC(=O)N1CCN(C(=O)[C@H](CCC(=O)OC(C)(C)C)NC(=O)c2cc(Nc3ccccc3)nc(-c3ccccc3)n2)CC1. The van der Waals surface area contributed by atoms with E-state index in [1.807, 2.05) is 60.7 Å². The molecule has 12 heteroatoms. The van der Waals surface area contributed by atoms with Crippen LogP contribution in [-0.2, 0) is 19.1 Å². The van der Waals surface area contributed by atoms with E-state index in [0.29, 0.717) is 17.2 Å². The summed E-state index contributed by atoms with van der Waals surface area (Å²) in [6.45, 7) is 8.37. The number of nitrogens with zero attached hydrogens (tertiary/aromatic N) is 4. The highest BCUT2D eigenvalue weighted by Crippen LogP contribution is 2.21. The quantitative estimate of drug-likeness (QED) is 0.317. The van der Waals surface area contributed by atoms with Gasteiger partial charge in [-0.3, -0.25) is 14.4 Å². The maximum absolute atomic E-state index is 13.7. The second-order valence-corrected chi connectivity index (χ2v) is 11.5. The molecule has 3 amide bonds. The molecule has 4 rings (SSSR count). The predicted octanol–water partition coefficient (Wildman–Crippen LogP) is 4.41. The minimum atomic E-state index is -1.04. The number of ether oxygens (including phenoxy) is 2. The lowest BCUT2D eigenvalue weighted by molar-refractivity contribution is -0.155. The second kappa shape index (κ2) is 15.1. The average molecular weight is 617 g/mol. The maximum Gasteiger partial charge on any atom is 0.409 e. The topological polar surface area (TPSA) is 143 Å². The standard InChI is InChI=1S/C33H40N6O6/c1-5-44-32(43)39-20-18-38(19-21-39)31(42)25(16-17-28(40)45-33(2,3)4)36-30(41)26-22-27(34-24-14-10-7-11-15-24)37-29(35-26)23-12-8-6-9-13-23/h6-15,22,25H,5,16-21H2,1-4H3,(H,36,41)(H,34,35,37)/t25-/m0/s1. The zero-order chi connectivity index (χ0) is 32.4. The molecule has 238 valence electrons. The first-order chi connectivity index (χ1) is 21.5. The minimum Gasteiger partial charge on any atom is -0.460 e. The van der Waals surface area contributed by atoms with Crippen LogP contribution in [0.1, 0.15) is 51.0 Å². The lowest BCUT2D eigenvalue weighted by Crippen LogP contribution is -2.56. The highest BCUT2D eigenvalue weighted by atomic mass is 16.6. The molecule has 2 N–H and O–H groups in total. The summed E-state index contributed by atoms with van der Waals surface area (Å²) in [7, 11) is 0. The van der Waals surface area contributed by atoms with Crippen LogP contribution in [-0.4, -0.2) is 88.1 Å². The highest BCUT2D eigenvalue weighted by Gasteiger charge is 2.32. The van der Waals surface area contributed by atoms with E-state index in [1.165, 1.54) is 11.0 Å². The molecule has 12 nitrogen and oxygen atoms in total.